The summed E-state index contributed by atoms with van der Waals surface area (Å²) >= 11 is 0. The van der Waals surface area contributed by atoms with E-state index < -0.39 is 0 Å². The van der Waals surface area contributed by atoms with Crippen LogP contribution in [0, 0.1) is 5.92 Å². The molecule has 1 atom stereocenters. The minimum absolute atomic E-state index is 0.192. The first kappa shape index (κ1) is 16.1. The van der Waals surface area contributed by atoms with Crippen LogP contribution in [0.5, 0.6) is 0 Å². The molecule has 5 rings (SSSR count). The van der Waals surface area contributed by atoms with E-state index in [1.165, 1.54) is 16.7 Å². The van der Waals surface area contributed by atoms with Gasteiger partial charge < -0.3 is 4.90 Å². The number of benzene rings is 3. The second-order valence-electron chi connectivity index (χ2n) is 7.38. The number of carbonyl (C=O) groups is 1. The van der Waals surface area contributed by atoms with Crippen LogP contribution in [0.15, 0.2) is 90.5 Å². The first-order valence-electron chi connectivity index (χ1n) is 9.52. The number of rotatable bonds is 3. The molecule has 2 nitrogen and oxygen atoms in total. The van der Waals surface area contributed by atoms with E-state index in [-0.39, 0.29) is 11.8 Å². The molecule has 0 bridgehead atoms. The van der Waals surface area contributed by atoms with Crippen LogP contribution in [0.4, 0.5) is 0 Å². The smallest absolute Gasteiger partial charge is 0.251 e. The summed E-state index contributed by atoms with van der Waals surface area (Å²) in [4.78, 5) is 15.4. The lowest BCUT2D eigenvalue weighted by molar-refractivity contribution is -0.125. The molecule has 1 amide bonds. The summed E-state index contributed by atoms with van der Waals surface area (Å²) in [5.41, 5.74) is 7.01. The second-order valence-corrected chi connectivity index (χ2v) is 7.38. The van der Waals surface area contributed by atoms with Gasteiger partial charge in [0.15, 0.2) is 0 Å². The fourth-order valence-corrected chi connectivity index (χ4v) is 4.47. The summed E-state index contributed by atoms with van der Waals surface area (Å²) in [6.45, 7) is 1.48. The first-order chi connectivity index (χ1) is 13.3. The highest BCUT2D eigenvalue weighted by atomic mass is 16.2. The van der Waals surface area contributed by atoms with E-state index in [4.69, 9.17) is 0 Å². The van der Waals surface area contributed by atoms with Gasteiger partial charge in [0.05, 0.1) is 0 Å². The molecule has 1 heterocycles. The Labute approximate surface area is 159 Å². The van der Waals surface area contributed by atoms with Crippen molar-refractivity contribution in [3.05, 3.63) is 113 Å². The van der Waals surface area contributed by atoms with Crippen LogP contribution >= 0.6 is 0 Å². The molecule has 1 aliphatic heterocycles. The summed E-state index contributed by atoms with van der Waals surface area (Å²) in [5, 5.41) is 0. The normalized spacial score (nSPS) is 18.4. The van der Waals surface area contributed by atoms with E-state index in [9.17, 15) is 4.79 Å². The van der Waals surface area contributed by atoms with Gasteiger partial charge in [0.1, 0.15) is 0 Å². The molecular weight excluding hydrogens is 330 g/mol. The first-order valence-corrected chi connectivity index (χ1v) is 9.52. The van der Waals surface area contributed by atoms with Crippen LogP contribution < -0.4 is 0 Å². The molecule has 2 heteroatoms. The van der Waals surface area contributed by atoms with Crippen molar-refractivity contribution in [3.8, 4) is 0 Å². The number of fused-ring (bicyclic) bond motifs is 2. The van der Waals surface area contributed by atoms with E-state index in [1.807, 2.05) is 29.2 Å². The second kappa shape index (κ2) is 6.55. The summed E-state index contributed by atoms with van der Waals surface area (Å²) in [5.74, 6) is 0.462. The molecular formula is C25H21NO. The summed E-state index contributed by atoms with van der Waals surface area (Å²) < 4.78 is 0. The monoisotopic (exact) mass is 351 g/mol. The quantitative estimate of drug-likeness (QED) is 0.670. The van der Waals surface area contributed by atoms with Crippen molar-refractivity contribution >= 4 is 11.5 Å². The number of nitrogens with zero attached hydrogens (tertiary/aromatic N) is 1. The molecule has 0 spiro atoms. The van der Waals surface area contributed by atoms with Gasteiger partial charge in [-0.3, -0.25) is 4.79 Å². The van der Waals surface area contributed by atoms with Gasteiger partial charge in [0.25, 0.3) is 5.91 Å². The van der Waals surface area contributed by atoms with Crippen molar-refractivity contribution < 1.29 is 4.79 Å². The zero-order valence-electron chi connectivity index (χ0n) is 15.1. The van der Waals surface area contributed by atoms with E-state index in [1.54, 1.807) is 0 Å². The van der Waals surface area contributed by atoms with Gasteiger partial charge in [-0.15, -0.1) is 0 Å². The molecule has 132 valence electrons. The Balaban J connectivity index is 1.61. The van der Waals surface area contributed by atoms with Gasteiger partial charge in [0.2, 0.25) is 0 Å². The number of likely N-dealkylation sites (tertiary alicyclic amines) is 1. The Hall–Kier alpha value is -3.13. The van der Waals surface area contributed by atoms with Crippen LogP contribution in [0.2, 0.25) is 0 Å². The highest BCUT2D eigenvalue weighted by molar-refractivity contribution is 6.08. The molecule has 0 N–H and O–H groups in total. The molecule has 1 saturated heterocycles. The third-order valence-electron chi connectivity index (χ3n) is 5.67. The molecule has 27 heavy (non-hydrogen) atoms. The van der Waals surface area contributed by atoms with E-state index in [0.29, 0.717) is 6.54 Å². The molecule has 0 radical (unpaired) electrons. The van der Waals surface area contributed by atoms with Gasteiger partial charge in [-0.25, -0.2) is 0 Å². The maximum atomic E-state index is 13.4. The summed E-state index contributed by atoms with van der Waals surface area (Å²) in [6.07, 6.45) is 0.943. The lowest BCUT2D eigenvalue weighted by atomic mass is 9.77. The molecule has 3 aromatic rings. The van der Waals surface area contributed by atoms with Crippen molar-refractivity contribution in [2.45, 2.75) is 13.0 Å². The Kier molecular flexibility index (Phi) is 3.90. The van der Waals surface area contributed by atoms with Crippen LogP contribution in [-0.2, 0) is 17.8 Å². The average molecular weight is 351 g/mol. The Morgan fingerprint density at radius 2 is 1.48 bits per heavy atom. The van der Waals surface area contributed by atoms with Crippen molar-refractivity contribution in [3.63, 3.8) is 0 Å². The maximum Gasteiger partial charge on any atom is 0.251 e. The third kappa shape index (κ3) is 2.78. The van der Waals surface area contributed by atoms with Gasteiger partial charge in [-0.2, -0.15) is 0 Å². The van der Waals surface area contributed by atoms with Gasteiger partial charge in [0, 0.05) is 24.6 Å². The molecule has 1 aliphatic carbocycles. The van der Waals surface area contributed by atoms with Crippen molar-refractivity contribution in [2.75, 3.05) is 6.54 Å². The minimum atomic E-state index is 0.192. The molecule has 0 saturated carbocycles. The van der Waals surface area contributed by atoms with Crippen LogP contribution in [0.3, 0.4) is 0 Å². The predicted octanol–water partition coefficient (Wildman–Crippen LogP) is 4.70. The molecule has 0 aromatic heterocycles. The Bertz CT molecular complexity index is 1020. The SMILES string of the molecule is O=C1C2=C(c3ccccc3)c3ccccc3CC2CN1Cc1ccccc1. The zero-order valence-corrected chi connectivity index (χ0v) is 15.1. The van der Waals surface area contributed by atoms with E-state index in [0.717, 1.165) is 29.7 Å². The van der Waals surface area contributed by atoms with Gasteiger partial charge in [-0.1, -0.05) is 84.9 Å². The lowest BCUT2D eigenvalue weighted by Crippen LogP contribution is -2.25. The number of amides is 1. The van der Waals surface area contributed by atoms with Gasteiger partial charge in [-0.05, 0) is 34.2 Å². The molecule has 3 aromatic carbocycles. The lowest BCUT2D eigenvalue weighted by Gasteiger charge is -2.24. The molecule has 1 fully saturated rings. The number of hydrogen-bond donors (Lipinski definition) is 0. The molecule has 1 unspecified atom stereocenters. The number of hydrogen-bond acceptors (Lipinski definition) is 1. The van der Waals surface area contributed by atoms with Crippen molar-refractivity contribution in [1.29, 1.82) is 0 Å². The van der Waals surface area contributed by atoms with Crippen LogP contribution in [-0.4, -0.2) is 17.4 Å². The zero-order chi connectivity index (χ0) is 18.2. The Morgan fingerprint density at radius 3 is 2.26 bits per heavy atom. The largest absolute Gasteiger partial charge is 0.334 e. The predicted molar refractivity (Wildman–Crippen MR) is 108 cm³/mol. The average Bonchev–Trinajstić information content (AvgIpc) is 3.02. The highest BCUT2D eigenvalue weighted by Crippen LogP contribution is 2.43. The van der Waals surface area contributed by atoms with Crippen LogP contribution in [0.25, 0.3) is 5.57 Å². The minimum Gasteiger partial charge on any atom is -0.334 e. The Morgan fingerprint density at radius 1 is 0.815 bits per heavy atom. The van der Waals surface area contributed by atoms with Crippen molar-refractivity contribution in [2.24, 2.45) is 5.92 Å². The maximum absolute atomic E-state index is 13.4. The number of carbonyl (C=O) groups excluding carboxylic acids is 1. The van der Waals surface area contributed by atoms with E-state index >= 15 is 0 Å². The molecule has 2 aliphatic rings. The summed E-state index contributed by atoms with van der Waals surface area (Å²) in [7, 11) is 0. The highest BCUT2D eigenvalue weighted by Gasteiger charge is 2.40. The fraction of sp³-hybridized carbons (Fsp3) is 0.160. The fourth-order valence-electron chi connectivity index (χ4n) is 4.47. The topological polar surface area (TPSA) is 20.3 Å². The summed E-state index contributed by atoms with van der Waals surface area (Å²) in [6, 6.07) is 29.2. The third-order valence-corrected chi connectivity index (χ3v) is 5.67. The van der Waals surface area contributed by atoms with E-state index in [2.05, 4.69) is 60.7 Å². The van der Waals surface area contributed by atoms with Crippen LogP contribution in [0.1, 0.15) is 22.3 Å². The van der Waals surface area contributed by atoms with Crippen molar-refractivity contribution in [1.82, 2.24) is 4.90 Å². The van der Waals surface area contributed by atoms with Gasteiger partial charge >= 0.3 is 0 Å². The standard InChI is InChI=1S/C25H21NO/c27-25-24-21(17-26(25)16-18-9-3-1-4-10-18)15-20-13-7-8-14-22(20)23(24)19-11-5-2-6-12-19/h1-14,21H,15-17H2.